The van der Waals surface area contributed by atoms with Crippen molar-refractivity contribution in [2.24, 2.45) is 7.05 Å². The van der Waals surface area contributed by atoms with Gasteiger partial charge in [-0.2, -0.15) is 5.10 Å². The number of carbonyl (C=O) groups excluding carboxylic acids is 3. The van der Waals surface area contributed by atoms with Gasteiger partial charge in [0.05, 0.1) is 12.2 Å². The first-order chi connectivity index (χ1) is 18.0. The molecule has 0 bridgehead atoms. The van der Waals surface area contributed by atoms with Crippen molar-refractivity contribution in [1.29, 1.82) is 0 Å². The lowest BCUT2D eigenvalue weighted by Crippen LogP contribution is -2.44. The first kappa shape index (κ1) is 30.6. The zero-order valence-electron chi connectivity index (χ0n) is 23.1. The minimum absolute atomic E-state index is 0.00569. The molecule has 0 spiro atoms. The molecule has 3 N–H and O–H groups in total. The number of alkyl carbamates (subject to hydrolysis) is 1. The van der Waals surface area contributed by atoms with Gasteiger partial charge in [0, 0.05) is 20.1 Å². The number of halogens is 2. The number of thiazole rings is 1. The Morgan fingerprint density at radius 2 is 1.67 bits per heavy atom. The highest BCUT2D eigenvalue weighted by Gasteiger charge is 2.31. The summed E-state index contributed by atoms with van der Waals surface area (Å²) < 4.78 is 27.5. The lowest BCUT2D eigenvalue weighted by Gasteiger charge is -2.25. The van der Waals surface area contributed by atoms with Crippen molar-refractivity contribution in [3.63, 3.8) is 0 Å². The molecule has 3 heterocycles. The third kappa shape index (κ3) is 8.78. The number of rotatable bonds is 5. The van der Waals surface area contributed by atoms with Crippen LogP contribution < -0.4 is 20.9 Å². The Morgan fingerprint density at radius 1 is 1.05 bits per heavy atom. The van der Waals surface area contributed by atoms with Gasteiger partial charge >= 0.3 is 12.2 Å². The summed E-state index contributed by atoms with van der Waals surface area (Å²) in [5.41, 5.74) is -1.02. The van der Waals surface area contributed by atoms with Crippen molar-refractivity contribution in [1.82, 2.24) is 20.1 Å². The predicted molar refractivity (Wildman–Crippen MR) is 150 cm³/mol. The Balaban J connectivity index is 1.73. The molecule has 15 heteroatoms. The minimum atomic E-state index is -1.28. The topological polar surface area (TPSA) is 140 Å². The van der Waals surface area contributed by atoms with Crippen LogP contribution in [0.4, 0.5) is 30.5 Å². The first-order valence-electron chi connectivity index (χ1n) is 12.4. The summed E-state index contributed by atoms with van der Waals surface area (Å²) in [6.07, 6.45) is -0.687. The Kier molecular flexibility index (Phi) is 9.47. The summed E-state index contributed by atoms with van der Waals surface area (Å²) in [5.74, 6) is 0.00401. The fraction of sp³-hybridized carbons (Fsp3) is 0.625. The maximum atomic E-state index is 15.0. The summed E-state index contributed by atoms with van der Waals surface area (Å²) in [6, 6.07) is -0.718. The second kappa shape index (κ2) is 12.1. The number of aromatic nitrogens is 3. The van der Waals surface area contributed by atoms with Crippen LogP contribution in [0, 0.1) is 0 Å². The monoisotopic (exact) mass is 631 g/mol. The lowest BCUT2D eigenvalue weighted by molar-refractivity contribution is 0.0471. The largest absolute Gasteiger partial charge is 0.444 e. The predicted octanol–water partition coefficient (Wildman–Crippen LogP) is 5.07. The van der Waals surface area contributed by atoms with E-state index in [0.29, 0.717) is 34.9 Å². The second-order valence-corrected chi connectivity index (χ2v) is 13.3. The smallest absolute Gasteiger partial charge is 0.412 e. The van der Waals surface area contributed by atoms with Crippen molar-refractivity contribution < 1.29 is 28.2 Å². The van der Waals surface area contributed by atoms with Crippen LogP contribution in [0.15, 0.2) is 10.1 Å². The Bertz CT molecular complexity index is 1210. The Morgan fingerprint density at radius 3 is 2.31 bits per heavy atom. The van der Waals surface area contributed by atoms with E-state index in [-0.39, 0.29) is 17.1 Å². The number of anilines is 3. The van der Waals surface area contributed by atoms with Gasteiger partial charge in [0.25, 0.3) is 5.91 Å². The summed E-state index contributed by atoms with van der Waals surface area (Å²) >= 11 is 4.33. The van der Waals surface area contributed by atoms with E-state index in [1.165, 1.54) is 6.20 Å². The number of nitrogens with zero attached hydrogens (tertiary/aromatic N) is 4. The molecule has 3 rings (SSSR count). The van der Waals surface area contributed by atoms with E-state index >= 15 is 0 Å². The van der Waals surface area contributed by atoms with E-state index in [2.05, 4.69) is 42.0 Å². The minimum Gasteiger partial charge on any atom is -0.444 e. The van der Waals surface area contributed by atoms with Crippen molar-refractivity contribution >= 4 is 61.9 Å². The maximum Gasteiger partial charge on any atom is 0.412 e. The van der Waals surface area contributed by atoms with Gasteiger partial charge < -0.3 is 25.0 Å². The van der Waals surface area contributed by atoms with Gasteiger partial charge in [0.1, 0.15) is 28.1 Å². The molecule has 0 saturated carbocycles. The number of amides is 3. The highest BCUT2D eigenvalue weighted by molar-refractivity contribution is 9.11. The molecule has 3 amide bonds. The maximum absolute atomic E-state index is 15.0. The highest BCUT2D eigenvalue weighted by Crippen LogP contribution is 2.32. The number of hydrogen-bond donors (Lipinski definition) is 3. The van der Waals surface area contributed by atoms with E-state index in [1.807, 2.05) is 4.90 Å². The lowest BCUT2D eigenvalue weighted by atomic mass is 10.1. The van der Waals surface area contributed by atoms with Crippen molar-refractivity contribution in [2.75, 3.05) is 28.6 Å². The molecule has 216 valence electrons. The molecule has 1 aliphatic heterocycles. The van der Waals surface area contributed by atoms with Crippen molar-refractivity contribution in [3.8, 4) is 0 Å². The second-order valence-electron chi connectivity index (χ2n) is 11.1. The van der Waals surface area contributed by atoms with Crippen molar-refractivity contribution in [2.45, 2.75) is 77.8 Å². The van der Waals surface area contributed by atoms with Gasteiger partial charge in [0.15, 0.2) is 15.4 Å². The van der Waals surface area contributed by atoms with E-state index in [4.69, 9.17) is 9.47 Å². The van der Waals surface area contributed by atoms with Crippen LogP contribution in [-0.2, 0) is 16.5 Å². The number of aryl methyl sites for hydroxylation is 1. The van der Waals surface area contributed by atoms with E-state index < -0.39 is 41.5 Å². The van der Waals surface area contributed by atoms with Crippen LogP contribution in [0.2, 0.25) is 0 Å². The molecule has 2 aromatic heterocycles. The van der Waals surface area contributed by atoms with E-state index in [1.54, 1.807) is 53.3 Å². The van der Waals surface area contributed by atoms with Gasteiger partial charge in [0.2, 0.25) is 0 Å². The van der Waals surface area contributed by atoms with E-state index in [9.17, 15) is 18.8 Å². The van der Waals surface area contributed by atoms with Gasteiger partial charge in [-0.05, 0) is 70.3 Å². The summed E-state index contributed by atoms with van der Waals surface area (Å²) in [6.45, 7) is 11.2. The molecular formula is C24H35BrFN7O5S. The normalized spacial score (nSPS) is 18.2. The quantitative estimate of drug-likeness (QED) is 0.415. The molecule has 2 atom stereocenters. The van der Waals surface area contributed by atoms with Crippen molar-refractivity contribution in [3.05, 3.63) is 15.8 Å². The van der Waals surface area contributed by atoms with Crippen LogP contribution in [-0.4, -0.2) is 69.4 Å². The average molecular weight is 633 g/mol. The molecular weight excluding hydrogens is 597 g/mol. The van der Waals surface area contributed by atoms with Crippen LogP contribution in [0.1, 0.15) is 64.9 Å². The molecule has 1 saturated heterocycles. The van der Waals surface area contributed by atoms with Gasteiger partial charge in [-0.3, -0.25) is 14.8 Å². The Hall–Kier alpha value is -2.94. The number of carbonyl (C=O) groups is 3. The average Bonchev–Trinajstić information content (AvgIpc) is 3.26. The molecule has 0 radical (unpaired) electrons. The van der Waals surface area contributed by atoms with E-state index in [0.717, 1.165) is 11.3 Å². The number of hydrogen-bond acceptors (Lipinski definition) is 9. The zero-order chi connectivity index (χ0) is 29.1. The molecule has 12 nitrogen and oxygen atoms in total. The molecule has 39 heavy (non-hydrogen) atoms. The summed E-state index contributed by atoms with van der Waals surface area (Å²) in [5, 5.41) is 12.5. The molecule has 1 aliphatic rings. The van der Waals surface area contributed by atoms with Gasteiger partial charge in [-0.1, -0.05) is 11.3 Å². The van der Waals surface area contributed by atoms with Crippen LogP contribution in [0.3, 0.4) is 0 Å². The fourth-order valence-corrected chi connectivity index (χ4v) is 5.24. The fourth-order valence-electron chi connectivity index (χ4n) is 3.91. The van der Waals surface area contributed by atoms with Gasteiger partial charge in [-0.25, -0.2) is 19.0 Å². The van der Waals surface area contributed by atoms with Crippen LogP contribution >= 0.6 is 27.3 Å². The number of alkyl halides is 1. The first-order valence-corrected chi connectivity index (χ1v) is 14.0. The molecule has 0 aliphatic carbocycles. The third-order valence-corrected chi connectivity index (χ3v) is 6.83. The molecule has 0 aromatic carbocycles. The third-order valence-electron chi connectivity index (χ3n) is 5.41. The summed E-state index contributed by atoms with van der Waals surface area (Å²) in [7, 11) is 1.72. The van der Waals surface area contributed by atoms with Crippen LogP contribution in [0.25, 0.3) is 0 Å². The zero-order valence-corrected chi connectivity index (χ0v) is 25.5. The summed E-state index contributed by atoms with van der Waals surface area (Å²) in [4.78, 5) is 43.8. The van der Waals surface area contributed by atoms with Gasteiger partial charge in [-0.15, -0.1) is 0 Å². The standard InChI is InChI=1S/C24H35BrFN7O5S/c1-23(2,3)37-21(35)29-14-9-11-33(10-8-13(14)26)19-15(12-27-32(19)7)28-17(34)16-18(39-20(25)30-16)31-22(36)38-24(4,5)6/h12-14H,8-11H2,1-7H3,(H,28,34)(H,29,35)(H,31,36)/t13-,14-/m1/s1. The van der Waals surface area contributed by atoms with Crippen LogP contribution in [0.5, 0.6) is 0 Å². The number of nitrogens with one attached hydrogen (secondary N) is 3. The Labute approximate surface area is 239 Å². The molecule has 2 aromatic rings. The molecule has 0 unspecified atom stereocenters. The number of ether oxygens (including phenoxy) is 2. The SMILES string of the molecule is Cn1ncc(NC(=O)c2nc(Br)sc2NC(=O)OC(C)(C)C)c1N1CC[C@@H](F)[C@H](NC(=O)OC(C)(C)C)CC1. The molecule has 1 fully saturated rings. The highest BCUT2D eigenvalue weighted by atomic mass is 79.9.